The fourth-order valence-corrected chi connectivity index (χ4v) is 3.55. The summed E-state index contributed by atoms with van der Waals surface area (Å²) in [7, 11) is 2.01. The van der Waals surface area contributed by atoms with Crippen molar-refractivity contribution in [3.63, 3.8) is 0 Å². The molecule has 136 valence electrons. The van der Waals surface area contributed by atoms with Crippen molar-refractivity contribution in [2.75, 3.05) is 0 Å². The molecule has 2 aromatic heterocycles. The van der Waals surface area contributed by atoms with E-state index in [1.165, 1.54) is 23.3 Å². The van der Waals surface area contributed by atoms with Crippen LogP contribution in [-0.2, 0) is 7.05 Å². The first kappa shape index (κ1) is 16.5. The summed E-state index contributed by atoms with van der Waals surface area (Å²) in [6, 6.07) is 25.3. The minimum atomic E-state index is -0.242. The molecule has 0 aliphatic heterocycles. The third kappa shape index (κ3) is 2.79. The summed E-state index contributed by atoms with van der Waals surface area (Å²) in [4.78, 5) is 4.73. The van der Waals surface area contributed by atoms with Crippen LogP contribution in [0.25, 0.3) is 39.4 Å². The lowest BCUT2D eigenvalue weighted by atomic mass is 10.0. The predicted octanol–water partition coefficient (Wildman–Crippen LogP) is 5.81. The molecular formula is C24H18FN3. The Bertz CT molecular complexity index is 1250. The standard InChI is InChI=1S/C24H18FN3/c1-27-23(20-9-7-18(8-10-20)17-5-3-2-4-6-17)16-28-15-22(26-24(27)28)19-11-13-21(25)14-12-19/h2-16H,1H3. The van der Waals surface area contributed by atoms with E-state index in [0.29, 0.717) is 0 Å². The van der Waals surface area contributed by atoms with Crippen molar-refractivity contribution >= 4 is 5.78 Å². The highest BCUT2D eigenvalue weighted by Gasteiger charge is 2.12. The van der Waals surface area contributed by atoms with Crippen molar-refractivity contribution < 1.29 is 4.39 Å². The molecule has 4 heteroatoms. The lowest BCUT2D eigenvalue weighted by Gasteiger charge is -2.05. The first-order valence-corrected chi connectivity index (χ1v) is 9.15. The van der Waals surface area contributed by atoms with Gasteiger partial charge in [0.1, 0.15) is 5.82 Å². The lowest BCUT2D eigenvalue weighted by Crippen LogP contribution is -1.93. The Kier molecular flexibility index (Phi) is 3.83. The van der Waals surface area contributed by atoms with Gasteiger partial charge < -0.3 is 4.57 Å². The zero-order chi connectivity index (χ0) is 19.1. The van der Waals surface area contributed by atoms with Gasteiger partial charge in [-0.25, -0.2) is 9.37 Å². The topological polar surface area (TPSA) is 22.2 Å². The maximum absolute atomic E-state index is 13.2. The largest absolute Gasteiger partial charge is 0.313 e. The molecule has 0 radical (unpaired) electrons. The van der Waals surface area contributed by atoms with Crippen molar-refractivity contribution in [1.82, 2.24) is 14.0 Å². The second kappa shape index (κ2) is 6.50. The molecule has 2 heterocycles. The quantitative estimate of drug-likeness (QED) is 0.394. The van der Waals surface area contributed by atoms with Gasteiger partial charge in [0, 0.05) is 25.0 Å². The first-order valence-electron chi connectivity index (χ1n) is 9.15. The fourth-order valence-electron chi connectivity index (χ4n) is 3.55. The molecule has 0 aliphatic carbocycles. The van der Waals surface area contributed by atoms with Gasteiger partial charge in [-0.3, -0.25) is 4.40 Å². The zero-order valence-electron chi connectivity index (χ0n) is 15.4. The highest BCUT2D eigenvalue weighted by atomic mass is 19.1. The van der Waals surface area contributed by atoms with E-state index in [2.05, 4.69) is 47.2 Å². The number of benzene rings is 3. The van der Waals surface area contributed by atoms with Gasteiger partial charge in [0.25, 0.3) is 0 Å². The normalized spacial score (nSPS) is 11.2. The van der Waals surface area contributed by atoms with Crippen LogP contribution < -0.4 is 0 Å². The second-order valence-electron chi connectivity index (χ2n) is 6.86. The molecule has 0 fully saturated rings. The minimum Gasteiger partial charge on any atom is -0.313 e. The molecule has 0 bridgehead atoms. The van der Waals surface area contributed by atoms with Crippen LogP contribution in [0.3, 0.4) is 0 Å². The smallest absolute Gasteiger partial charge is 0.214 e. The van der Waals surface area contributed by atoms with Gasteiger partial charge in [-0.2, -0.15) is 0 Å². The van der Waals surface area contributed by atoms with Crippen LogP contribution in [0.15, 0.2) is 91.3 Å². The van der Waals surface area contributed by atoms with Crippen LogP contribution in [0.4, 0.5) is 4.39 Å². The van der Waals surface area contributed by atoms with Crippen LogP contribution in [0, 0.1) is 5.82 Å². The van der Waals surface area contributed by atoms with E-state index >= 15 is 0 Å². The molecule has 0 aliphatic rings. The lowest BCUT2D eigenvalue weighted by molar-refractivity contribution is 0.628. The van der Waals surface area contributed by atoms with Crippen molar-refractivity contribution in [2.24, 2.45) is 7.05 Å². The van der Waals surface area contributed by atoms with Gasteiger partial charge in [-0.05, 0) is 41.0 Å². The van der Waals surface area contributed by atoms with Crippen molar-refractivity contribution in [3.8, 4) is 33.6 Å². The van der Waals surface area contributed by atoms with E-state index < -0.39 is 0 Å². The number of hydrogen-bond donors (Lipinski definition) is 0. The van der Waals surface area contributed by atoms with Gasteiger partial charge in [0.05, 0.1) is 11.4 Å². The number of hydrogen-bond acceptors (Lipinski definition) is 1. The molecule has 0 amide bonds. The number of halogens is 1. The van der Waals surface area contributed by atoms with E-state index in [-0.39, 0.29) is 5.82 Å². The van der Waals surface area contributed by atoms with Crippen LogP contribution in [0.5, 0.6) is 0 Å². The molecule has 0 unspecified atom stereocenters. The molecule has 0 atom stereocenters. The molecule has 0 spiro atoms. The molecule has 28 heavy (non-hydrogen) atoms. The molecular weight excluding hydrogens is 349 g/mol. The number of rotatable bonds is 3. The number of nitrogens with zero attached hydrogens (tertiary/aromatic N) is 3. The Balaban J connectivity index is 1.50. The summed E-state index contributed by atoms with van der Waals surface area (Å²) < 4.78 is 17.2. The van der Waals surface area contributed by atoms with E-state index in [4.69, 9.17) is 4.98 Å². The Morgan fingerprint density at radius 3 is 1.96 bits per heavy atom. The van der Waals surface area contributed by atoms with Crippen molar-refractivity contribution in [2.45, 2.75) is 0 Å². The second-order valence-corrected chi connectivity index (χ2v) is 6.86. The average molecular weight is 367 g/mol. The van der Waals surface area contributed by atoms with Gasteiger partial charge in [-0.1, -0.05) is 54.6 Å². The SMILES string of the molecule is Cn1c(-c2ccc(-c3ccccc3)cc2)cn2cc(-c3ccc(F)cc3)nc12. The Labute approximate surface area is 162 Å². The summed E-state index contributed by atoms with van der Waals surface area (Å²) >= 11 is 0. The minimum absolute atomic E-state index is 0.242. The van der Waals surface area contributed by atoms with Gasteiger partial charge in [0.15, 0.2) is 0 Å². The molecule has 0 saturated heterocycles. The average Bonchev–Trinajstić information content (AvgIpc) is 3.29. The summed E-state index contributed by atoms with van der Waals surface area (Å²) in [6.45, 7) is 0. The highest BCUT2D eigenvalue weighted by Crippen LogP contribution is 2.28. The molecule has 5 rings (SSSR count). The van der Waals surface area contributed by atoms with Crippen LogP contribution in [0.1, 0.15) is 0 Å². The summed E-state index contributed by atoms with van der Waals surface area (Å²) in [5, 5.41) is 0. The monoisotopic (exact) mass is 367 g/mol. The van der Waals surface area contributed by atoms with Crippen LogP contribution in [-0.4, -0.2) is 14.0 Å². The number of imidazole rings is 2. The number of aryl methyl sites for hydroxylation is 1. The fraction of sp³-hybridized carbons (Fsp3) is 0.0417. The molecule has 5 aromatic rings. The summed E-state index contributed by atoms with van der Waals surface area (Å²) in [5.41, 5.74) is 6.36. The van der Waals surface area contributed by atoms with E-state index in [0.717, 1.165) is 28.3 Å². The number of aromatic nitrogens is 3. The highest BCUT2D eigenvalue weighted by molar-refractivity contribution is 5.71. The Morgan fingerprint density at radius 2 is 1.29 bits per heavy atom. The van der Waals surface area contributed by atoms with E-state index in [1.807, 2.05) is 35.8 Å². The third-order valence-corrected chi connectivity index (χ3v) is 5.06. The van der Waals surface area contributed by atoms with E-state index in [9.17, 15) is 4.39 Å². The molecule has 0 N–H and O–H groups in total. The number of fused-ring (bicyclic) bond motifs is 1. The van der Waals surface area contributed by atoms with Crippen molar-refractivity contribution in [1.29, 1.82) is 0 Å². The molecule has 3 aromatic carbocycles. The van der Waals surface area contributed by atoms with Gasteiger partial charge in [0.2, 0.25) is 5.78 Å². The van der Waals surface area contributed by atoms with Crippen molar-refractivity contribution in [3.05, 3.63) is 97.1 Å². The van der Waals surface area contributed by atoms with Gasteiger partial charge >= 0.3 is 0 Å². The zero-order valence-corrected chi connectivity index (χ0v) is 15.4. The van der Waals surface area contributed by atoms with Gasteiger partial charge in [-0.15, -0.1) is 0 Å². The van der Waals surface area contributed by atoms with Crippen LogP contribution in [0.2, 0.25) is 0 Å². The maximum Gasteiger partial charge on any atom is 0.214 e. The summed E-state index contributed by atoms with van der Waals surface area (Å²) in [6.07, 6.45) is 4.05. The summed E-state index contributed by atoms with van der Waals surface area (Å²) in [5.74, 6) is 0.607. The molecule has 0 saturated carbocycles. The maximum atomic E-state index is 13.2. The van der Waals surface area contributed by atoms with E-state index in [1.54, 1.807) is 12.1 Å². The Morgan fingerprint density at radius 1 is 0.679 bits per heavy atom. The first-order chi connectivity index (χ1) is 13.7. The Hall–Kier alpha value is -3.66. The van der Waals surface area contributed by atoms with Crippen LogP contribution >= 0.6 is 0 Å². The third-order valence-electron chi connectivity index (χ3n) is 5.06. The molecule has 3 nitrogen and oxygen atoms in total. The predicted molar refractivity (Wildman–Crippen MR) is 110 cm³/mol.